The topological polar surface area (TPSA) is 64.2 Å². The zero-order valence-corrected chi connectivity index (χ0v) is 13.6. The minimum absolute atomic E-state index is 0.235. The van der Waals surface area contributed by atoms with Gasteiger partial charge >= 0.3 is 5.76 Å². The highest BCUT2D eigenvalue weighted by molar-refractivity contribution is 6.05. The third kappa shape index (κ3) is 3.01. The van der Waals surface area contributed by atoms with Crippen LogP contribution in [0.15, 0.2) is 58.3 Å². The number of hydrogen-bond acceptors (Lipinski definition) is 3. The first-order valence-corrected chi connectivity index (χ1v) is 7.62. The summed E-state index contributed by atoms with van der Waals surface area (Å²) in [7, 11) is 0. The minimum atomic E-state index is -0.461. The minimum Gasteiger partial charge on any atom is -0.408 e. The van der Waals surface area contributed by atoms with Crippen LogP contribution in [0, 0.1) is 13.8 Å². The molecule has 1 N–H and O–H groups in total. The molecule has 0 saturated heterocycles. The van der Waals surface area contributed by atoms with E-state index in [1.807, 2.05) is 32.0 Å². The van der Waals surface area contributed by atoms with Crippen molar-refractivity contribution in [1.82, 2.24) is 4.57 Å². The van der Waals surface area contributed by atoms with E-state index in [0.29, 0.717) is 23.2 Å². The van der Waals surface area contributed by atoms with E-state index in [2.05, 4.69) is 11.9 Å². The van der Waals surface area contributed by atoms with Gasteiger partial charge in [-0.1, -0.05) is 12.1 Å². The lowest BCUT2D eigenvalue weighted by atomic mass is 10.1. The van der Waals surface area contributed by atoms with Gasteiger partial charge in [0.15, 0.2) is 5.58 Å². The lowest BCUT2D eigenvalue weighted by Gasteiger charge is -2.08. The molecule has 0 radical (unpaired) electrons. The second-order valence-corrected chi connectivity index (χ2v) is 5.78. The molecule has 1 heterocycles. The number of oxazole rings is 1. The Balaban J connectivity index is 1.96. The molecule has 1 aromatic heterocycles. The highest BCUT2D eigenvalue weighted by atomic mass is 16.4. The standard InChI is InChI=1S/C19H18N2O3/c1-4-7-21-16-11-14(5-6-17(16)24-19(21)23)18(22)20-15-9-12(2)8-13(3)10-15/h4-6,8-11H,1,7H2,2-3H3,(H,20,22). The summed E-state index contributed by atoms with van der Waals surface area (Å²) in [5.41, 5.74) is 4.39. The molecule has 1 amide bonds. The first-order chi connectivity index (χ1) is 11.5. The Hall–Kier alpha value is -3.08. The summed E-state index contributed by atoms with van der Waals surface area (Å²) in [6.45, 7) is 7.92. The number of fused-ring (bicyclic) bond motifs is 1. The van der Waals surface area contributed by atoms with Gasteiger partial charge in [-0.2, -0.15) is 0 Å². The molecule has 2 aromatic carbocycles. The lowest BCUT2D eigenvalue weighted by molar-refractivity contribution is 0.102. The van der Waals surface area contributed by atoms with Gasteiger partial charge in [0.25, 0.3) is 5.91 Å². The second-order valence-electron chi connectivity index (χ2n) is 5.78. The molecule has 3 rings (SSSR count). The predicted octanol–water partition coefficient (Wildman–Crippen LogP) is 3.65. The Bertz CT molecular complexity index is 975. The van der Waals surface area contributed by atoms with Gasteiger partial charge in [0.2, 0.25) is 0 Å². The number of hydrogen-bond donors (Lipinski definition) is 1. The van der Waals surface area contributed by atoms with Gasteiger partial charge in [0.05, 0.1) is 5.52 Å². The maximum absolute atomic E-state index is 12.5. The van der Waals surface area contributed by atoms with Crippen molar-refractivity contribution in [2.24, 2.45) is 0 Å². The van der Waals surface area contributed by atoms with Crippen LogP contribution < -0.4 is 11.1 Å². The predicted molar refractivity (Wildman–Crippen MR) is 94.5 cm³/mol. The molecule has 5 heteroatoms. The summed E-state index contributed by atoms with van der Waals surface area (Å²) in [5, 5.41) is 2.89. The van der Waals surface area contributed by atoms with Crippen LogP contribution in [0.25, 0.3) is 11.1 Å². The van der Waals surface area contributed by atoms with Crippen molar-refractivity contribution in [2.75, 3.05) is 5.32 Å². The van der Waals surface area contributed by atoms with Gasteiger partial charge in [-0.15, -0.1) is 6.58 Å². The molecule has 0 fully saturated rings. The number of anilines is 1. The maximum atomic E-state index is 12.5. The molecule has 0 bridgehead atoms. The third-order valence-electron chi connectivity index (χ3n) is 3.72. The van der Waals surface area contributed by atoms with E-state index in [1.165, 1.54) is 4.57 Å². The summed E-state index contributed by atoms with van der Waals surface area (Å²) in [6.07, 6.45) is 1.61. The molecule has 0 unspecified atom stereocenters. The maximum Gasteiger partial charge on any atom is 0.420 e. The van der Waals surface area contributed by atoms with Crippen LogP contribution in [0.4, 0.5) is 5.69 Å². The van der Waals surface area contributed by atoms with E-state index in [0.717, 1.165) is 16.8 Å². The highest BCUT2D eigenvalue weighted by Crippen LogP contribution is 2.18. The summed E-state index contributed by atoms with van der Waals surface area (Å²) in [4.78, 5) is 24.3. The van der Waals surface area contributed by atoms with Crippen LogP contribution in [-0.4, -0.2) is 10.5 Å². The number of allylic oxidation sites excluding steroid dienone is 1. The van der Waals surface area contributed by atoms with E-state index < -0.39 is 5.76 Å². The first kappa shape index (κ1) is 15.8. The molecule has 0 aliphatic heterocycles. The van der Waals surface area contributed by atoms with Crippen molar-refractivity contribution < 1.29 is 9.21 Å². The van der Waals surface area contributed by atoms with Crippen molar-refractivity contribution in [3.63, 3.8) is 0 Å². The smallest absolute Gasteiger partial charge is 0.408 e. The van der Waals surface area contributed by atoms with E-state index in [1.54, 1.807) is 24.3 Å². The molecule has 0 aliphatic rings. The first-order valence-electron chi connectivity index (χ1n) is 7.62. The summed E-state index contributed by atoms with van der Waals surface area (Å²) >= 11 is 0. The number of nitrogens with one attached hydrogen (secondary N) is 1. The number of carbonyl (C=O) groups excluding carboxylic acids is 1. The molecule has 5 nitrogen and oxygen atoms in total. The summed E-state index contributed by atoms with van der Waals surface area (Å²) in [5.74, 6) is -0.697. The second kappa shape index (κ2) is 6.20. The van der Waals surface area contributed by atoms with Crippen molar-refractivity contribution in [1.29, 1.82) is 0 Å². The van der Waals surface area contributed by atoms with Crippen LogP contribution in [0.3, 0.4) is 0 Å². The zero-order valence-electron chi connectivity index (χ0n) is 13.6. The van der Waals surface area contributed by atoms with Crippen LogP contribution in [0.2, 0.25) is 0 Å². The van der Waals surface area contributed by atoms with E-state index in [4.69, 9.17) is 4.42 Å². The van der Waals surface area contributed by atoms with Crippen molar-refractivity contribution in [3.8, 4) is 0 Å². The molecule has 0 saturated carbocycles. The average molecular weight is 322 g/mol. The fourth-order valence-corrected chi connectivity index (χ4v) is 2.76. The van der Waals surface area contributed by atoms with E-state index >= 15 is 0 Å². The number of rotatable bonds is 4. The number of aryl methyl sites for hydroxylation is 2. The Kier molecular flexibility index (Phi) is 4.08. The molecule has 3 aromatic rings. The van der Waals surface area contributed by atoms with Gasteiger partial charge in [0.1, 0.15) is 0 Å². The number of nitrogens with zero attached hydrogens (tertiary/aromatic N) is 1. The summed E-state index contributed by atoms with van der Waals surface area (Å²) < 4.78 is 6.60. The van der Waals surface area contributed by atoms with Crippen LogP contribution in [0.5, 0.6) is 0 Å². The molecular weight excluding hydrogens is 304 g/mol. The number of amides is 1. The third-order valence-corrected chi connectivity index (χ3v) is 3.72. The monoisotopic (exact) mass is 322 g/mol. The molecule has 0 aliphatic carbocycles. The van der Waals surface area contributed by atoms with Gasteiger partial charge < -0.3 is 9.73 Å². The highest BCUT2D eigenvalue weighted by Gasteiger charge is 2.13. The molecule has 0 atom stereocenters. The number of benzene rings is 2. The average Bonchev–Trinajstić information content (AvgIpc) is 2.82. The molecule has 122 valence electrons. The van der Waals surface area contributed by atoms with Crippen LogP contribution >= 0.6 is 0 Å². The Morgan fingerprint density at radius 1 is 1.21 bits per heavy atom. The number of aromatic nitrogens is 1. The zero-order chi connectivity index (χ0) is 17.3. The Morgan fingerprint density at radius 2 is 1.92 bits per heavy atom. The van der Waals surface area contributed by atoms with Crippen molar-refractivity contribution in [2.45, 2.75) is 20.4 Å². The summed E-state index contributed by atoms with van der Waals surface area (Å²) in [6, 6.07) is 10.8. The lowest BCUT2D eigenvalue weighted by Crippen LogP contribution is -2.14. The van der Waals surface area contributed by atoms with Crippen molar-refractivity contribution >= 4 is 22.7 Å². The largest absolute Gasteiger partial charge is 0.420 e. The van der Waals surface area contributed by atoms with Gasteiger partial charge in [0, 0.05) is 17.8 Å². The van der Waals surface area contributed by atoms with Crippen LogP contribution in [-0.2, 0) is 6.54 Å². The molecule has 0 spiro atoms. The number of carbonyl (C=O) groups is 1. The molecule has 24 heavy (non-hydrogen) atoms. The van der Waals surface area contributed by atoms with Gasteiger partial charge in [-0.05, 0) is 55.3 Å². The molecular formula is C19H18N2O3. The van der Waals surface area contributed by atoms with E-state index in [-0.39, 0.29) is 5.91 Å². The van der Waals surface area contributed by atoms with Gasteiger partial charge in [-0.3, -0.25) is 9.36 Å². The Labute approximate surface area is 139 Å². The normalized spacial score (nSPS) is 10.8. The van der Waals surface area contributed by atoms with E-state index in [9.17, 15) is 9.59 Å². The van der Waals surface area contributed by atoms with Crippen LogP contribution in [0.1, 0.15) is 21.5 Å². The fraction of sp³-hybridized carbons (Fsp3) is 0.158. The Morgan fingerprint density at radius 3 is 2.58 bits per heavy atom. The quantitative estimate of drug-likeness (QED) is 0.746. The SMILES string of the molecule is C=CCn1c(=O)oc2ccc(C(=O)Nc3cc(C)cc(C)c3)cc21. The van der Waals surface area contributed by atoms with Crippen molar-refractivity contribution in [3.05, 3.63) is 76.3 Å². The fourth-order valence-electron chi connectivity index (χ4n) is 2.76. The van der Waals surface area contributed by atoms with Gasteiger partial charge in [-0.25, -0.2) is 4.79 Å².